The molecule has 1 saturated heterocycles. The Kier molecular flexibility index (Phi) is 3.99. The highest BCUT2D eigenvalue weighted by Crippen LogP contribution is 2.33. The van der Waals surface area contributed by atoms with Crippen molar-refractivity contribution >= 4 is 11.6 Å². The number of hydrogen-bond donors (Lipinski definition) is 0. The molecule has 132 valence electrons. The van der Waals surface area contributed by atoms with Crippen molar-refractivity contribution in [2.24, 2.45) is 0 Å². The second-order valence-corrected chi connectivity index (χ2v) is 6.27. The minimum absolute atomic E-state index is 0.0533. The predicted molar refractivity (Wildman–Crippen MR) is 90.5 cm³/mol. The quantitative estimate of drug-likeness (QED) is 0.716. The summed E-state index contributed by atoms with van der Waals surface area (Å²) in [5.41, 5.74) is 1.92. The zero-order valence-corrected chi connectivity index (χ0v) is 13.9. The lowest BCUT2D eigenvalue weighted by Crippen LogP contribution is -2.25. The Balaban J connectivity index is 1.59. The molecule has 1 atom stereocenters. The zero-order chi connectivity index (χ0) is 18.3. The van der Waals surface area contributed by atoms with Gasteiger partial charge in [-0.3, -0.25) is 4.79 Å². The molecular formula is C19H15F2N3O2. The summed E-state index contributed by atoms with van der Waals surface area (Å²) >= 11 is 0. The summed E-state index contributed by atoms with van der Waals surface area (Å²) in [5.74, 6) is -1.27. The molecule has 0 radical (unpaired) electrons. The van der Waals surface area contributed by atoms with E-state index in [-0.39, 0.29) is 30.5 Å². The third kappa shape index (κ3) is 2.85. The lowest BCUT2D eigenvalue weighted by molar-refractivity contribution is -0.117. The van der Waals surface area contributed by atoms with E-state index in [1.165, 1.54) is 11.0 Å². The Morgan fingerprint density at radius 1 is 1.19 bits per heavy atom. The predicted octanol–water partition coefficient (Wildman–Crippen LogP) is 3.84. The number of anilines is 1. The van der Waals surface area contributed by atoms with Gasteiger partial charge in [0.25, 0.3) is 0 Å². The van der Waals surface area contributed by atoms with Gasteiger partial charge in [-0.15, -0.1) is 0 Å². The van der Waals surface area contributed by atoms with Crippen molar-refractivity contribution in [1.82, 2.24) is 10.1 Å². The van der Waals surface area contributed by atoms with Crippen LogP contribution in [0.4, 0.5) is 14.5 Å². The second kappa shape index (κ2) is 6.33. The first-order valence-electron chi connectivity index (χ1n) is 8.18. The van der Waals surface area contributed by atoms with E-state index in [0.29, 0.717) is 11.7 Å². The molecule has 0 bridgehead atoms. The van der Waals surface area contributed by atoms with Crippen LogP contribution < -0.4 is 4.90 Å². The number of carbonyl (C=O) groups is 1. The number of halogens is 2. The van der Waals surface area contributed by atoms with Crippen LogP contribution in [0.2, 0.25) is 0 Å². The fraction of sp³-hybridized carbons (Fsp3) is 0.211. The number of aryl methyl sites for hydroxylation is 1. The van der Waals surface area contributed by atoms with Crippen molar-refractivity contribution in [3.05, 3.63) is 65.6 Å². The first-order chi connectivity index (χ1) is 12.5. The van der Waals surface area contributed by atoms with Crippen LogP contribution in [0, 0.1) is 18.6 Å². The Labute approximate surface area is 148 Å². The van der Waals surface area contributed by atoms with Gasteiger partial charge in [-0.2, -0.15) is 4.98 Å². The lowest BCUT2D eigenvalue weighted by atomic mass is 10.1. The summed E-state index contributed by atoms with van der Waals surface area (Å²) in [6.07, 6.45) is 0.131. The molecule has 7 heteroatoms. The Morgan fingerprint density at radius 3 is 2.77 bits per heavy atom. The van der Waals surface area contributed by atoms with E-state index in [1.807, 2.05) is 31.2 Å². The molecule has 3 aromatic rings. The summed E-state index contributed by atoms with van der Waals surface area (Å²) in [6, 6.07) is 10.8. The van der Waals surface area contributed by atoms with E-state index in [2.05, 4.69) is 10.1 Å². The molecule has 1 aliphatic heterocycles. The first kappa shape index (κ1) is 16.4. The number of amides is 1. The molecule has 0 aliphatic carbocycles. The van der Waals surface area contributed by atoms with E-state index >= 15 is 0 Å². The highest BCUT2D eigenvalue weighted by molar-refractivity contribution is 5.96. The highest BCUT2D eigenvalue weighted by atomic mass is 19.1. The van der Waals surface area contributed by atoms with E-state index < -0.39 is 11.6 Å². The SMILES string of the molecule is Cc1ccccc1-c1noc(C2CC(=O)N(c3ccc(F)cc3F)C2)n1. The molecule has 0 saturated carbocycles. The Bertz CT molecular complexity index is 986. The number of nitrogens with zero attached hydrogens (tertiary/aromatic N) is 3. The van der Waals surface area contributed by atoms with E-state index in [9.17, 15) is 13.6 Å². The van der Waals surface area contributed by atoms with Crippen molar-refractivity contribution in [1.29, 1.82) is 0 Å². The number of aromatic nitrogens is 2. The largest absolute Gasteiger partial charge is 0.339 e. The van der Waals surface area contributed by atoms with Gasteiger partial charge in [0.2, 0.25) is 17.6 Å². The van der Waals surface area contributed by atoms with E-state index in [1.54, 1.807) is 0 Å². The number of carbonyl (C=O) groups excluding carboxylic acids is 1. The fourth-order valence-electron chi connectivity index (χ4n) is 3.14. The average Bonchev–Trinajstić information content (AvgIpc) is 3.22. The van der Waals surface area contributed by atoms with Gasteiger partial charge in [-0.05, 0) is 24.6 Å². The minimum atomic E-state index is -0.773. The van der Waals surface area contributed by atoms with Crippen LogP contribution in [0.15, 0.2) is 47.0 Å². The molecule has 1 amide bonds. The summed E-state index contributed by atoms with van der Waals surface area (Å²) in [6.45, 7) is 2.15. The topological polar surface area (TPSA) is 59.2 Å². The summed E-state index contributed by atoms with van der Waals surface area (Å²) in [4.78, 5) is 18.0. The Hall–Kier alpha value is -3.09. The molecule has 1 aliphatic rings. The number of rotatable bonds is 3. The fourth-order valence-corrected chi connectivity index (χ4v) is 3.14. The lowest BCUT2D eigenvalue weighted by Gasteiger charge is -2.16. The zero-order valence-electron chi connectivity index (χ0n) is 13.9. The molecule has 4 rings (SSSR count). The summed E-state index contributed by atoms with van der Waals surface area (Å²) in [5, 5.41) is 4.00. The van der Waals surface area contributed by atoms with Crippen molar-refractivity contribution in [2.75, 3.05) is 11.4 Å². The van der Waals surface area contributed by atoms with Crippen LogP contribution >= 0.6 is 0 Å². The highest BCUT2D eigenvalue weighted by Gasteiger charge is 2.36. The van der Waals surface area contributed by atoms with Crippen molar-refractivity contribution in [2.45, 2.75) is 19.3 Å². The molecule has 1 aromatic heterocycles. The Morgan fingerprint density at radius 2 is 2.00 bits per heavy atom. The molecule has 5 nitrogen and oxygen atoms in total. The van der Waals surface area contributed by atoms with Crippen molar-refractivity contribution < 1.29 is 18.1 Å². The summed E-state index contributed by atoms with van der Waals surface area (Å²) in [7, 11) is 0. The monoisotopic (exact) mass is 355 g/mol. The number of hydrogen-bond acceptors (Lipinski definition) is 4. The van der Waals surface area contributed by atoms with Crippen LogP contribution in [0.3, 0.4) is 0 Å². The minimum Gasteiger partial charge on any atom is -0.339 e. The van der Waals surface area contributed by atoms with Crippen molar-refractivity contribution in [3.8, 4) is 11.4 Å². The molecule has 2 heterocycles. The molecule has 26 heavy (non-hydrogen) atoms. The van der Waals surface area contributed by atoms with Crippen LogP contribution in [0.1, 0.15) is 23.8 Å². The van der Waals surface area contributed by atoms with Gasteiger partial charge in [-0.1, -0.05) is 29.4 Å². The molecule has 1 unspecified atom stereocenters. The van der Waals surface area contributed by atoms with E-state index in [4.69, 9.17) is 4.52 Å². The maximum absolute atomic E-state index is 14.0. The van der Waals surface area contributed by atoms with Gasteiger partial charge in [0.1, 0.15) is 11.6 Å². The maximum atomic E-state index is 14.0. The molecular weight excluding hydrogens is 340 g/mol. The van der Waals surface area contributed by atoms with Crippen LogP contribution in [0.5, 0.6) is 0 Å². The first-order valence-corrected chi connectivity index (χ1v) is 8.18. The smallest absolute Gasteiger partial charge is 0.232 e. The molecule has 2 aromatic carbocycles. The van der Waals surface area contributed by atoms with Crippen LogP contribution in [-0.2, 0) is 4.79 Å². The van der Waals surface area contributed by atoms with Crippen LogP contribution in [0.25, 0.3) is 11.4 Å². The average molecular weight is 355 g/mol. The van der Waals surface area contributed by atoms with E-state index in [0.717, 1.165) is 23.3 Å². The van der Waals surface area contributed by atoms with Crippen molar-refractivity contribution in [3.63, 3.8) is 0 Å². The normalized spacial score (nSPS) is 17.1. The standard InChI is InChI=1S/C19H15F2N3O2/c1-11-4-2-3-5-14(11)18-22-19(26-23-18)12-8-17(25)24(10-12)16-7-6-13(20)9-15(16)21/h2-7,9,12H,8,10H2,1H3. The maximum Gasteiger partial charge on any atom is 0.232 e. The molecule has 0 N–H and O–H groups in total. The van der Waals surface area contributed by atoms with Gasteiger partial charge < -0.3 is 9.42 Å². The number of benzene rings is 2. The molecule has 0 spiro atoms. The second-order valence-electron chi connectivity index (χ2n) is 6.27. The van der Waals surface area contributed by atoms with Crippen LogP contribution in [-0.4, -0.2) is 22.6 Å². The van der Waals surface area contributed by atoms with Gasteiger partial charge in [-0.25, -0.2) is 8.78 Å². The van der Waals surface area contributed by atoms with Gasteiger partial charge in [0.05, 0.1) is 11.6 Å². The third-order valence-corrected chi connectivity index (χ3v) is 4.50. The van der Waals surface area contributed by atoms with Gasteiger partial charge in [0.15, 0.2) is 0 Å². The third-order valence-electron chi connectivity index (χ3n) is 4.50. The van der Waals surface area contributed by atoms with Gasteiger partial charge in [0, 0.05) is 24.6 Å². The summed E-state index contributed by atoms with van der Waals surface area (Å²) < 4.78 is 32.4. The van der Waals surface area contributed by atoms with Gasteiger partial charge >= 0.3 is 0 Å². The molecule has 1 fully saturated rings.